The Morgan fingerprint density at radius 1 is 0.879 bits per heavy atom. The average Bonchev–Trinajstić information content (AvgIpc) is 2.85. The van der Waals surface area contributed by atoms with Gasteiger partial charge < -0.3 is 30.1 Å². The molecule has 0 fully saturated rings. The summed E-state index contributed by atoms with van der Waals surface area (Å²) < 4.78 is 11.0. The Morgan fingerprint density at radius 2 is 1.42 bits per heavy atom. The first kappa shape index (κ1) is 26.8. The normalized spacial score (nSPS) is 12.0. The number of amides is 1. The summed E-state index contributed by atoms with van der Waals surface area (Å²) in [6.07, 6.45) is -1.29. The van der Waals surface area contributed by atoms with Crippen LogP contribution in [0.3, 0.4) is 0 Å². The lowest BCUT2D eigenvalue weighted by molar-refractivity contribution is -0.191. The zero-order valence-electron chi connectivity index (χ0n) is 19.8. The zero-order valence-corrected chi connectivity index (χ0v) is 19.8. The number of hydrogen-bond donors (Lipinski definition) is 3. The van der Waals surface area contributed by atoms with Gasteiger partial charge in [-0.25, -0.2) is 4.79 Å². The molecule has 1 amide bonds. The minimum atomic E-state index is -0.975. The van der Waals surface area contributed by atoms with Crippen LogP contribution in [0.1, 0.15) is 18.1 Å². The van der Waals surface area contributed by atoms with Crippen molar-refractivity contribution in [2.75, 3.05) is 52.9 Å². The lowest BCUT2D eigenvalue weighted by Crippen LogP contribution is -2.43. The van der Waals surface area contributed by atoms with Crippen molar-refractivity contribution in [3.05, 3.63) is 71.8 Å². The number of benzene rings is 2. The molecule has 182 valence electrons. The number of rotatable bonds is 16. The maximum atomic E-state index is 12.6. The first-order valence-corrected chi connectivity index (χ1v) is 11.5. The minimum absolute atomic E-state index is 0.260. The molecule has 2 rings (SSSR count). The number of hydrogen-bond acceptors (Lipinski definition) is 7. The van der Waals surface area contributed by atoms with E-state index >= 15 is 0 Å². The number of ether oxygens (including phenoxy) is 2. The molecule has 1 atom stereocenters. The molecule has 33 heavy (non-hydrogen) atoms. The number of aliphatic hydroxyl groups excluding tert-OH is 1. The predicted molar refractivity (Wildman–Crippen MR) is 129 cm³/mol. The summed E-state index contributed by atoms with van der Waals surface area (Å²) in [5, 5.41) is 16.7. The molecule has 0 spiro atoms. The molecule has 0 aliphatic heterocycles. The molecule has 2 aromatic rings. The summed E-state index contributed by atoms with van der Waals surface area (Å²) in [5.74, 6) is 0. The van der Waals surface area contributed by atoms with Gasteiger partial charge in [0, 0.05) is 39.3 Å². The fraction of sp³-hybridized carbons (Fsp3) is 0.480. The van der Waals surface area contributed by atoms with Gasteiger partial charge in [-0.1, -0.05) is 67.6 Å². The smallest absolute Gasteiger partial charge is 0.410 e. The van der Waals surface area contributed by atoms with Gasteiger partial charge in [-0.2, -0.15) is 0 Å². The van der Waals surface area contributed by atoms with Crippen molar-refractivity contribution in [1.29, 1.82) is 0 Å². The maximum absolute atomic E-state index is 12.6. The lowest BCUT2D eigenvalue weighted by Gasteiger charge is -2.24. The third-order valence-corrected chi connectivity index (χ3v) is 5.09. The number of carbonyl (C=O) groups excluding carboxylic acids is 1. The van der Waals surface area contributed by atoms with Crippen LogP contribution in [0.15, 0.2) is 60.7 Å². The monoisotopic (exact) mass is 458 g/mol. The number of carbonyl (C=O) groups is 1. The van der Waals surface area contributed by atoms with Crippen molar-refractivity contribution in [2.24, 2.45) is 0 Å². The van der Waals surface area contributed by atoms with Crippen LogP contribution in [0, 0.1) is 0 Å². The molecular formula is C25H38N4O4. The zero-order chi connectivity index (χ0) is 23.7. The molecule has 0 heterocycles. The van der Waals surface area contributed by atoms with E-state index < -0.39 is 6.41 Å². The highest BCUT2D eigenvalue weighted by Crippen LogP contribution is 2.05. The predicted octanol–water partition coefficient (Wildman–Crippen LogP) is 2.25. The minimum Gasteiger partial charge on any atom is -0.445 e. The Labute approximate surface area is 197 Å². The summed E-state index contributed by atoms with van der Waals surface area (Å²) in [6, 6.07) is 19.4. The van der Waals surface area contributed by atoms with E-state index in [0.717, 1.165) is 17.7 Å². The molecule has 1 unspecified atom stereocenters. The molecule has 2 aromatic carbocycles. The van der Waals surface area contributed by atoms with Crippen LogP contribution >= 0.6 is 0 Å². The van der Waals surface area contributed by atoms with Crippen LogP contribution in [0.4, 0.5) is 4.79 Å². The highest BCUT2D eigenvalue weighted by Gasteiger charge is 2.15. The summed E-state index contributed by atoms with van der Waals surface area (Å²) in [4.78, 5) is 16.0. The number of nitrogens with zero attached hydrogens (tertiary/aromatic N) is 2. The van der Waals surface area contributed by atoms with Gasteiger partial charge >= 0.3 is 6.09 Å². The molecule has 0 radical (unpaired) electrons. The quantitative estimate of drug-likeness (QED) is 0.263. The van der Waals surface area contributed by atoms with Crippen molar-refractivity contribution in [2.45, 2.75) is 26.6 Å². The van der Waals surface area contributed by atoms with Gasteiger partial charge in [0.15, 0.2) is 0 Å². The van der Waals surface area contributed by atoms with Gasteiger partial charge in [0.2, 0.25) is 6.41 Å². The number of aliphatic hydroxyl groups is 1. The van der Waals surface area contributed by atoms with Crippen LogP contribution in [0.5, 0.6) is 0 Å². The second-order valence-corrected chi connectivity index (χ2v) is 7.73. The summed E-state index contributed by atoms with van der Waals surface area (Å²) in [6.45, 7) is 7.22. The molecule has 0 aromatic heterocycles. The average molecular weight is 459 g/mol. The van der Waals surface area contributed by atoms with Gasteiger partial charge in [-0.15, -0.1) is 0 Å². The molecule has 8 nitrogen and oxygen atoms in total. The van der Waals surface area contributed by atoms with E-state index in [2.05, 4.69) is 10.6 Å². The van der Waals surface area contributed by atoms with Crippen molar-refractivity contribution < 1.29 is 19.4 Å². The van der Waals surface area contributed by atoms with Gasteiger partial charge in [0.1, 0.15) is 6.61 Å². The number of nitrogens with one attached hydrogen (secondary N) is 2. The van der Waals surface area contributed by atoms with Crippen molar-refractivity contribution in [1.82, 2.24) is 20.4 Å². The van der Waals surface area contributed by atoms with Gasteiger partial charge in [0.25, 0.3) is 0 Å². The molecule has 8 heteroatoms. The number of likely N-dealkylation sites (N-methyl/N-ethyl adjacent to an activating group) is 2. The third-order valence-electron chi connectivity index (χ3n) is 5.09. The van der Waals surface area contributed by atoms with Crippen LogP contribution in [-0.4, -0.2) is 80.3 Å². The summed E-state index contributed by atoms with van der Waals surface area (Å²) in [7, 11) is 1.81. The molecule has 0 aliphatic carbocycles. The van der Waals surface area contributed by atoms with Crippen LogP contribution in [-0.2, 0) is 22.7 Å². The van der Waals surface area contributed by atoms with E-state index in [1.165, 1.54) is 0 Å². The van der Waals surface area contributed by atoms with Crippen molar-refractivity contribution in [3.8, 4) is 0 Å². The van der Waals surface area contributed by atoms with Gasteiger partial charge in [0.05, 0.1) is 6.61 Å². The highest BCUT2D eigenvalue weighted by atomic mass is 16.6. The van der Waals surface area contributed by atoms with E-state index in [1.54, 1.807) is 16.8 Å². The standard InChI is InChI=1S/C25H38N4O4/c1-3-26-15-18-29(25(31)33-21-23-12-8-5-9-13-23)19-16-27-14-17-28(2)24(30)32-20-22-10-6-4-7-11-22/h4-13,24,26-27,30H,3,14-21H2,1-2H3. The Morgan fingerprint density at radius 3 is 2.03 bits per heavy atom. The van der Waals surface area contributed by atoms with Crippen LogP contribution < -0.4 is 10.6 Å². The fourth-order valence-corrected chi connectivity index (χ4v) is 3.07. The van der Waals surface area contributed by atoms with Crippen LogP contribution in [0.2, 0.25) is 0 Å². The maximum Gasteiger partial charge on any atom is 0.410 e. The van der Waals surface area contributed by atoms with E-state index in [-0.39, 0.29) is 12.7 Å². The molecule has 0 saturated carbocycles. The van der Waals surface area contributed by atoms with Crippen LogP contribution in [0.25, 0.3) is 0 Å². The highest BCUT2D eigenvalue weighted by molar-refractivity contribution is 5.67. The SMILES string of the molecule is CCNCCN(CCNCCN(C)C(O)OCc1ccccc1)C(=O)OCc1ccccc1. The first-order chi connectivity index (χ1) is 16.1. The molecule has 0 bridgehead atoms. The van der Waals surface area contributed by atoms with Gasteiger partial charge in [-0.3, -0.25) is 4.90 Å². The molecule has 0 aliphatic rings. The molecule has 3 N–H and O–H groups in total. The van der Waals surface area contributed by atoms with Gasteiger partial charge in [-0.05, 0) is 24.7 Å². The van der Waals surface area contributed by atoms with E-state index in [1.807, 2.05) is 67.6 Å². The lowest BCUT2D eigenvalue weighted by atomic mass is 10.2. The Kier molecular flexibility index (Phi) is 13.1. The van der Waals surface area contributed by atoms with Crippen molar-refractivity contribution >= 4 is 6.09 Å². The van der Waals surface area contributed by atoms with Crippen molar-refractivity contribution in [3.63, 3.8) is 0 Å². The van der Waals surface area contributed by atoms with E-state index in [0.29, 0.717) is 45.9 Å². The Balaban J connectivity index is 1.66. The molecular weight excluding hydrogens is 420 g/mol. The second-order valence-electron chi connectivity index (χ2n) is 7.73. The van der Waals surface area contributed by atoms with E-state index in [4.69, 9.17) is 9.47 Å². The second kappa shape index (κ2) is 16.2. The Hall–Kier alpha value is -2.49. The summed E-state index contributed by atoms with van der Waals surface area (Å²) in [5.41, 5.74) is 1.98. The topological polar surface area (TPSA) is 86.3 Å². The largest absolute Gasteiger partial charge is 0.445 e. The fourth-order valence-electron chi connectivity index (χ4n) is 3.07. The first-order valence-electron chi connectivity index (χ1n) is 11.5. The molecule has 0 saturated heterocycles. The van der Waals surface area contributed by atoms with E-state index in [9.17, 15) is 9.90 Å². The summed E-state index contributed by atoms with van der Waals surface area (Å²) >= 11 is 0. The third kappa shape index (κ3) is 11.3. The Bertz CT molecular complexity index is 764.